The molecule has 18 heavy (non-hydrogen) atoms. The molecule has 1 aromatic carbocycles. The van der Waals surface area contributed by atoms with Crippen molar-refractivity contribution in [3.05, 3.63) is 28.2 Å². The normalized spacial score (nSPS) is 10.6. The molecule has 0 amide bonds. The Labute approximate surface area is 116 Å². The predicted molar refractivity (Wildman–Crippen MR) is 74.9 cm³/mol. The highest BCUT2D eigenvalue weighted by molar-refractivity contribution is 9.10. The third kappa shape index (κ3) is 5.82. The highest BCUT2D eigenvalue weighted by Gasteiger charge is 2.02. The molecular formula is C13H20BrNO3. The molecule has 2 N–H and O–H groups in total. The highest BCUT2D eigenvalue weighted by Crippen LogP contribution is 2.22. The summed E-state index contributed by atoms with van der Waals surface area (Å²) in [6, 6.07) is 5.92. The van der Waals surface area contributed by atoms with Gasteiger partial charge in [-0.05, 0) is 30.3 Å². The average Bonchev–Trinajstić information content (AvgIpc) is 2.39. The van der Waals surface area contributed by atoms with Gasteiger partial charge in [0.25, 0.3) is 0 Å². The van der Waals surface area contributed by atoms with E-state index in [1.165, 1.54) is 5.56 Å². The molecule has 0 radical (unpaired) electrons. The van der Waals surface area contributed by atoms with E-state index in [1.54, 1.807) is 0 Å². The standard InChI is InChI=1S/C13H20BrNO3/c1-2-15-10-11-9-12(3-4-13(11)14)18-8-7-17-6-5-16/h3-4,9,15-16H,2,5-8,10H2,1H3. The van der Waals surface area contributed by atoms with Gasteiger partial charge in [-0.1, -0.05) is 22.9 Å². The molecule has 0 aliphatic carbocycles. The molecule has 0 saturated heterocycles. The average molecular weight is 318 g/mol. The fourth-order valence-electron chi connectivity index (χ4n) is 1.42. The fraction of sp³-hybridized carbons (Fsp3) is 0.538. The smallest absolute Gasteiger partial charge is 0.119 e. The molecule has 1 rings (SSSR count). The van der Waals surface area contributed by atoms with Gasteiger partial charge < -0.3 is 19.9 Å². The van der Waals surface area contributed by atoms with Crippen molar-refractivity contribution in [3.63, 3.8) is 0 Å². The van der Waals surface area contributed by atoms with Crippen molar-refractivity contribution in [1.82, 2.24) is 5.32 Å². The van der Waals surface area contributed by atoms with Crippen LogP contribution in [-0.2, 0) is 11.3 Å². The first-order valence-electron chi connectivity index (χ1n) is 6.08. The number of nitrogens with one attached hydrogen (secondary N) is 1. The van der Waals surface area contributed by atoms with Crippen LogP contribution in [0.2, 0.25) is 0 Å². The molecule has 0 saturated carbocycles. The number of hydrogen-bond donors (Lipinski definition) is 2. The molecule has 0 bridgehead atoms. The number of ether oxygens (including phenoxy) is 2. The number of halogens is 1. The highest BCUT2D eigenvalue weighted by atomic mass is 79.9. The van der Waals surface area contributed by atoms with E-state index < -0.39 is 0 Å². The molecule has 0 aromatic heterocycles. The number of rotatable bonds is 9. The van der Waals surface area contributed by atoms with Crippen LogP contribution >= 0.6 is 15.9 Å². The Bertz CT molecular complexity index is 347. The summed E-state index contributed by atoms with van der Waals surface area (Å²) >= 11 is 3.51. The van der Waals surface area contributed by atoms with Crippen molar-refractivity contribution in [2.45, 2.75) is 13.5 Å². The molecule has 0 aliphatic rings. The van der Waals surface area contributed by atoms with Crippen LogP contribution in [0.3, 0.4) is 0 Å². The zero-order chi connectivity index (χ0) is 13.2. The summed E-state index contributed by atoms with van der Waals surface area (Å²) in [5, 5.41) is 11.8. The van der Waals surface area contributed by atoms with Crippen LogP contribution in [0.1, 0.15) is 12.5 Å². The lowest BCUT2D eigenvalue weighted by atomic mass is 10.2. The van der Waals surface area contributed by atoms with E-state index in [9.17, 15) is 0 Å². The van der Waals surface area contributed by atoms with Crippen LogP contribution in [0.25, 0.3) is 0 Å². The van der Waals surface area contributed by atoms with Gasteiger partial charge >= 0.3 is 0 Å². The van der Waals surface area contributed by atoms with Crippen LogP contribution in [0.4, 0.5) is 0 Å². The minimum Gasteiger partial charge on any atom is -0.491 e. The molecule has 0 heterocycles. The van der Waals surface area contributed by atoms with Gasteiger partial charge in [-0.3, -0.25) is 0 Å². The van der Waals surface area contributed by atoms with Gasteiger partial charge in [-0.15, -0.1) is 0 Å². The van der Waals surface area contributed by atoms with Crippen molar-refractivity contribution < 1.29 is 14.6 Å². The van der Waals surface area contributed by atoms with Crippen molar-refractivity contribution >= 4 is 15.9 Å². The molecule has 4 nitrogen and oxygen atoms in total. The van der Waals surface area contributed by atoms with E-state index in [4.69, 9.17) is 14.6 Å². The van der Waals surface area contributed by atoms with Crippen LogP contribution < -0.4 is 10.1 Å². The maximum atomic E-state index is 8.55. The minimum absolute atomic E-state index is 0.0467. The van der Waals surface area contributed by atoms with E-state index in [1.807, 2.05) is 18.2 Å². The monoisotopic (exact) mass is 317 g/mol. The number of benzene rings is 1. The van der Waals surface area contributed by atoms with Crippen LogP contribution in [0.5, 0.6) is 5.75 Å². The van der Waals surface area contributed by atoms with Crippen molar-refractivity contribution in [1.29, 1.82) is 0 Å². The lowest BCUT2D eigenvalue weighted by molar-refractivity contribution is 0.0705. The van der Waals surface area contributed by atoms with Gasteiger partial charge in [0.15, 0.2) is 0 Å². The minimum atomic E-state index is 0.0467. The third-order valence-corrected chi connectivity index (χ3v) is 3.09. The first-order chi connectivity index (χ1) is 8.77. The first-order valence-corrected chi connectivity index (χ1v) is 6.87. The summed E-state index contributed by atoms with van der Waals surface area (Å²) in [5.41, 5.74) is 1.17. The summed E-state index contributed by atoms with van der Waals surface area (Å²) in [4.78, 5) is 0. The Hall–Kier alpha value is -0.620. The molecular weight excluding hydrogens is 298 g/mol. The summed E-state index contributed by atoms with van der Waals surface area (Å²) in [5.74, 6) is 0.832. The number of aliphatic hydroxyl groups is 1. The Morgan fingerprint density at radius 2 is 2.11 bits per heavy atom. The van der Waals surface area contributed by atoms with Crippen molar-refractivity contribution in [2.24, 2.45) is 0 Å². The second-order valence-electron chi connectivity index (χ2n) is 3.72. The third-order valence-electron chi connectivity index (χ3n) is 2.31. The largest absolute Gasteiger partial charge is 0.491 e. The molecule has 0 aliphatic heterocycles. The Balaban J connectivity index is 2.40. The quantitative estimate of drug-likeness (QED) is 0.683. The molecule has 0 unspecified atom stereocenters. The zero-order valence-corrected chi connectivity index (χ0v) is 12.2. The maximum Gasteiger partial charge on any atom is 0.119 e. The summed E-state index contributed by atoms with van der Waals surface area (Å²) in [7, 11) is 0. The Morgan fingerprint density at radius 3 is 2.83 bits per heavy atom. The summed E-state index contributed by atoms with van der Waals surface area (Å²) < 4.78 is 11.8. The van der Waals surface area contributed by atoms with Gasteiger partial charge in [0.2, 0.25) is 0 Å². The molecule has 0 fully saturated rings. The second-order valence-corrected chi connectivity index (χ2v) is 4.57. The lowest BCUT2D eigenvalue weighted by Gasteiger charge is -2.10. The van der Waals surface area contributed by atoms with Crippen LogP contribution in [0.15, 0.2) is 22.7 Å². The Morgan fingerprint density at radius 1 is 1.28 bits per heavy atom. The lowest BCUT2D eigenvalue weighted by Crippen LogP contribution is -2.13. The number of hydrogen-bond acceptors (Lipinski definition) is 4. The van der Waals surface area contributed by atoms with Crippen molar-refractivity contribution in [3.8, 4) is 5.75 Å². The van der Waals surface area contributed by atoms with E-state index in [-0.39, 0.29) is 6.61 Å². The van der Waals surface area contributed by atoms with Gasteiger partial charge in [0, 0.05) is 11.0 Å². The molecule has 0 spiro atoms. The van der Waals surface area contributed by atoms with Gasteiger partial charge in [-0.2, -0.15) is 0 Å². The number of aliphatic hydroxyl groups excluding tert-OH is 1. The van der Waals surface area contributed by atoms with E-state index in [0.29, 0.717) is 19.8 Å². The van der Waals surface area contributed by atoms with E-state index in [2.05, 4.69) is 28.2 Å². The van der Waals surface area contributed by atoms with Gasteiger partial charge in [0.05, 0.1) is 19.8 Å². The zero-order valence-electron chi connectivity index (χ0n) is 10.6. The van der Waals surface area contributed by atoms with Crippen LogP contribution in [0, 0.1) is 0 Å². The van der Waals surface area contributed by atoms with Gasteiger partial charge in [0.1, 0.15) is 12.4 Å². The molecule has 5 heteroatoms. The second kappa shape index (κ2) is 9.33. The van der Waals surface area contributed by atoms with Crippen LogP contribution in [-0.4, -0.2) is 38.1 Å². The predicted octanol–water partition coefficient (Wildman–Crippen LogP) is 1.95. The van der Waals surface area contributed by atoms with E-state index >= 15 is 0 Å². The summed E-state index contributed by atoms with van der Waals surface area (Å²) in [6.45, 7) is 5.20. The van der Waals surface area contributed by atoms with Crippen molar-refractivity contribution in [2.75, 3.05) is 33.0 Å². The summed E-state index contributed by atoms with van der Waals surface area (Å²) in [6.07, 6.45) is 0. The fourth-order valence-corrected chi connectivity index (χ4v) is 1.81. The topological polar surface area (TPSA) is 50.7 Å². The maximum absolute atomic E-state index is 8.55. The van der Waals surface area contributed by atoms with E-state index in [0.717, 1.165) is 23.3 Å². The molecule has 0 atom stereocenters. The first kappa shape index (κ1) is 15.4. The SMILES string of the molecule is CCNCc1cc(OCCOCCO)ccc1Br. The van der Waals surface area contributed by atoms with Gasteiger partial charge in [-0.25, -0.2) is 0 Å². The molecule has 1 aromatic rings. The Kier molecular flexibility index (Phi) is 8.00. The molecule has 102 valence electrons.